The Hall–Kier alpha value is -2.70. The van der Waals surface area contributed by atoms with E-state index < -0.39 is 11.6 Å². The monoisotopic (exact) mass is 543 g/mol. The number of aromatic amines is 1. The van der Waals surface area contributed by atoms with Crippen molar-refractivity contribution in [2.75, 3.05) is 44.7 Å². The van der Waals surface area contributed by atoms with Crippen LogP contribution in [0.3, 0.4) is 0 Å². The Labute approximate surface area is 195 Å². The van der Waals surface area contributed by atoms with Gasteiger partial charge in [0, 0.05) is 52.3 Å². The third-order valence-corrected chi connectivity index (χ3v) is 4.96. The number of halogens is 3. The maximum Gasteiger partial charge on any atom is 0.216 e. The van der Waals surface area contributed by atoms with Gasteiger partial charge >= 0.3 is 0 Å². The van der Waals surface area contributed by atoms with Crippen molar-refractivity contribution in [3.05, 3.63) is 54.1 Å². The zero-order valence-corrected chi connectivity index (χ0v) is 19.3. The summed E-state index contributed by atoms with van der Waals surface area (Å²) in [7, 11) is 1.73. The number of H-pyrrole nitrogens is 1. The largest absolute Gasteiger partial charge is 0.461 e. The van der Waals surface area contributed by atoms with Crippen molar-refractivity contribution in [1.82, 2.24) is 25.4 Å². The minimum Gasteiger partial charge on any atom is -0.461 e. The standard InChI is InChI=1S/C20H23F2N7O.HI/c1-23-20(24-7-6-18-25-19(27-26-18)17-3-2-12-30-17)29-10-8-28(9-11-29)16-13-14(21)4-5-15(16)22;/h2-5,12-13H,6-11H2,1H3,(H,23,24)(H,25,26,27);1H. The van der Waals surface area contributed by atoms with Crippen LogP contribution in [-0.4, -0.2) is 65.8 Å². The smallest absolute Gasteiger partial charge is 0.216 e. The van der Waals surface area contributed by atoms with Crippen LogP contribution in [0, 0.1) is 11.6 Å². The van der Waals surface area contributed by atoms with Crippen LogP contribution in [0.5, 0.6) is 0 Å². The van der Waals surface area contributed by atoms with E-state index in [0.29, 0.717) is 56.4 Å². The highest BCUT2D eigenvalue weighted by atomic mass is 127. The normalized spacial score (nSPS) is 14.5. The molecular weight excluding hydrogens is 519 g/mol. The lowest BCUT2D eigenvalue weighted by atomic mass is 10.2. The predicted molar refractivity (Wildman–Crippen MR) is 125 cm³/mol. The molecule has 0 bridgehead atoms. The molecule has 0 atom stereocenters. The molecule has 2 aromatic heterocycles. The van der Waals surface area contributed by atoms with Gasteiger partial charge < -0.3 is 19.5 Å². The molecule has 0 unspecified atom stereocenters. The molecule has 4 rings (SSSR count). The SMILES string of the molecule is CN=C(NCCc1nc(-c2ccco2)n[nH]1)N1CCN(c2cc(F)ccc2F)CC1.I. The molecule has 1 aromatic carbocycles. The fraction of sp³-hybridized carbons (Fsp3) is 0.350. The maximum absolute atomic E-state index is 14.0. The topological polar surface area (TPSA) is 85.6 Å². The van der Waals surface area contributed by atoms with Gasteiger partial charge in [0.25, 0.3) is 0 Å². The van der Waals surface area contributed by atoms with Gasteiger partial charge in [0.15, 0.2) is 11.7 Å². The first-order chi connectivity index (χ1) is 14.6. The van der Waals surface area contributed by atoms with Crippen molar-refractivity contribution in [2.45, 2.75) is 6.42 Å². The number of guanidine groups is 1. The van der Waals surface area contributed by atoms with Crippen LogP contribution in [-0.2, 0) is 6.42 Å². The summed E-state index contributed by atoms with van der Waals surface area (Å²) in [6.07, 6.45) is 2.22. The van der Waals surface area contributed by atoms with Crippen molar-refractivity contribution in [1.29, 1.82) is 0 Å². The molecule has 8 nitrogen and oxygen atoms in total. The quantitative estimate of drug-likeness (QED) is 0.293. The van der Waals surface area contributed by atoms with E-state index in [1.54, 1.807) is 19.4 Å². The summed E-state index contributed by atoms with van der Waals surface area (Å²) in [5.74, 6) is 1.81. The molecule has 1 aliphatic rings. The second-order valence-electron chi connectivity index (χ2n) is 6.88. The third-order valence-electron chi connectivity index (χ3n) is 4.96. The highest BCUT2D eigenvalue weighted by Crippen LogP contribution is 2.22. The summed E-state index contributed by atoms with van der Waals surface area (Å²) in [5.41, 5.74) is 0.301. The fourth-order valence-corrected chi connectivity index (χ4v) is 3.44. The molecule has 0 aliphatic carbocycles. The summed E-state index contributed by atoms with van der Waals surface area (Å²) in [6.45, 7) is 3.09. The Bertz CT molecular complexity index is 1000. The van der Waals surface area contributed by atoms with Crippen LogP contribution < -0.4 is 10.2 Å². The zero-order chi connectivity index (χ0) is 20.9. The van der Waals surface area contributed by atoms with E-state index in [2.05, 4.69) is 30.4 Å². The second kappa shape index (κ2) is 10.6. The van der Waals surface area contributed by atoms with Crippen LogP contribution in [0.15, 0.2) is 46.0 Å². The van der Waals surface area contributed by atoms with Crippen LogP contribution >= 0.6 is 24.0 Å². The molecule has 1 fully saturated rings. The number of aromatic nitrogens is 3. The number of aliphatic imine (C=N–C) groups is 1. The number of rotatable bonds is 5. The molecule has 0 radical (unpaired) electrons. The van der Waals surface area contributed by atoms with Gasteiger partial charge in [0.2, 0.25) is 5.82 Å². The fourth-order valence-electron chi connectivity index (χ4n) is 3.44. The predicted octanol–water partition coefficient (Wildman–Crippen LogP) is 2.90. The molecule has 1 aliphatic heterocycles. The van der Waals surface area contributed by atoms with Crippen molar-refractivity contribution in [3.8, 4) is 11.6 Å². The first kappa shape index (κ1) is 23.0. The molecule has 1 saturated heterocycles. The van der Waals surface area contributed by atoms with Gasteiger partial charge in [0.1, 0.15) is 17.5 Å². The maximum atomic E-state index is 14.0. The Balaban J connectivity index is 0.00000272. The van der Waals surface area contributed by atoms with Gasteiger partial charge in [-0.05, 0) is 24.3 Å². The number of anilines is 1. The lowest BCUT2D eigenvalue weighted by Gasteiger charge is -2.37. The zero-order valence-electron chi connectivity index (χ0n) is 17.0. The van der Waals surface area contributed by atoms with Crippen molar-refractivity contribution < 1.29 is 13.2 Å². The van der Waals surface area contributed by atoms with Crippen molar-refractivity contribution >= 4 is 35.6 Å². The minimum absolute atomic E-state index is 0. The summed E-state index contributed by atoms with van der Waals surface area (Å²) in [6, 6.07) is 7.14. The first-order valence-electron chi connectivity index (χ1n) is 9.75. The number of nitrogens with zero attached hydrogens (tertiary/aromatic N) is 5. The number of hydrogen-bond donors (Lipinski definition) is 2. The summed E-state index contributed by atoms with van der Waals surface area (Å²) >= 11 is 0. The van der Waals surface area contributed by atoms with E-state index in [0.717, 1.165) is 17.9 Å². The molecule has 166 valence electrons. The molecule has 0 amide bonds. The Morgan fingerprint density at radius 1 is 1.23 bits per heavy atom. The molecule has 11 heteroatoms. The molecule has 31 heavy (non-hydrogen) atoms. The molecular formula is C20H24F2IN7O. The molecule has 0 spiro atoms. The van der Waals surface area contributed by atoms with Gasteiger partial charge in [-0.3, -0.25) is 10.1 Å². The number of nitrogens with one attached hydrogen (secondary N) is 2. The Kier molecular flexibility index (Phi) is 7.82. The third kappa shape index (κ3) is 5.51. The molecule has 2 N–H and O–H groups in total. The minimum atomic E-state index is -0.436. The van der Waals surface area contributed by atoms with E-state index in [1.165, 1.54) is 12.1 Å². The van der Waals surface area contributed by atoms with Gasteiger partial charge in [0.05, 0.1) is 12.0 Å². The van der Waals surface area contributed by atoms with E-state index in [-0.39, 0.29) is 24.0 Å². The molecule has 3 heterocycles. The van der Waals surface area contributed by atoms with Crippen LogP contribution in [0.2, 0.25) is 0 Å². The lowest BCUT2D eigenvalue weighted by Crippen LogP contribution is -2.53. The number of piperazine rings is 1. The van der Waals surface area contributed by atoms with E-state index in [4.69, 9.17) is 4.42 Å². The van der Waals surface area contributed by atoms with Crippen LogP contribution in [0.25, 0.3) is 11.6 Å². The van der Waals surface area contributed by atoms with Gasteiger partial charge in [-0.1, -0.05) is 0 Å². The van der Waals surface area contributed by atoms with Gasteiger partial charge in [-0.15, -0.1) is 24.0 Å². The van der Waals surface area contributed by atoms with Gasteiger partial charge in [-0.2, -0.15) is 5.10 Å². The number of hydrogen-bond acceptors (Lipinski definition) is 5. The Morgan fingerprint density at radius 2 is 2.03 bits per heavy atom. The van der Waals surface area contributed by atoms with E-state index >= 15 is 0 Å². The Morgan fingerprint density at radius 3 is 2.74 bits per heavy atom. The summed E-state index contributed by atoms with van der Waals surface area (Å²) < 4.78 is 32.8. The van der Waals surface area contributed by atoms with Crippen LogP contribution in [0.1, 0.15) is 5.82 Å². The van der Waals surface area contributed by atoms with Crippen LogP contribution in [0.4, 0.5) is 14.5 Å². The van der Waals surface area contributed by atoms with Crippen molar-refractivity contribution in [3.63, 3.8) is 0 Å². The summed E-state index contributed by atoms with van der Waals surface area (Å²) in [5, 5.41) is 10.4. The first-order valence-corrected chi connectivity index (χ1v) is 9.75. The number of furan rings is 1. The molecule has 0 saturated carbocycles. The number of benzene rings is 1. The highest BCUT2D eigenvalue weighted by molar-refractivity contribution is 14.0. The second-order valence-corrected chi connectivity index (χ2v) is 6.88. The van der Waals surface area contributed by atoms with E-state index in [9.17, 15) is 8.78 Å². The molecule has 3 aromatic rings. The lowest BCUT2D eigenvalue weighted by molar-refractivity contribution is 0.370. The van der Waals surface area contributed by atoms with Gasteiger partial charge in [-0.25, -0.2) is 13.8 Å². The summed E-state index contributed by atoms with van der Waals surface area (Å²) in [4.78, 5) is 12.7. The van der Waals surface area contributed by atoms with Crippen molar-refractivity contribution in [2.24, 2.45) is 4.99 Å². The average Bonchev–Trinajstić information content (AvgIpc) is 3.45. The van der Waals surface area contributed by atoms with E-state index in [1.807, 2.05) is 11.0 Å². The highest BCUT2D eigenvalue weighted by Gasteiger charge is 2.22. The average molecular weight is 543 g/mol.